The molecule has 0 amide bonds. The van der Waals surface area contributed by atoms with Crippen molar-refractivity contribution in [3.63, 3.8) is 0 Å². The van der Waals surface area contributed by atoms with Gasteiger partial charge in [-0.15, -0.1) is 0 Å². The van der Waals surface area contributed by atoms with Crippen LogP contribution in [0, 0.1) is 19.8 Å². The number of nitrogens with zero attached hydrogens (tertiary/aromatic N) is 1. The van der Waals surface area contributed by atoms with Gasteiger partial charge in [0, 0.05) is 11.8 Å². The number of pyridine rings is 1. The molecule has 60 valence electrons. The van der Waals surface area contributed by atoms with E-state index >= 15 is 0 Å². The third kappa shape index (κ3) is 1.39. The van der Waals surface area contributed by atoms with Crippen LogP contribution in [0.4, 0.5) is 4.39 Å². The largest absolute Gasteiger partial charge is 0.228 e. The number of hydrogen-bond acceptors (Lipinski definition) is 1. The van der Waals surface area contributed by atoms with E-state index in [1.165, 1.54) is 0 Å². The first-order valence-corrected chi connectivity index (χ1v) is 3.77. The van der Waals surface area contributed by atoms with Gasteiger partial charge in [-0.25, -0.2) is 4.98 Å². The van der Waals surface area contributed by atoms with Crippen molar-refractivity contribution in [3.8, 4) is 0 Å². The molecule has 0 unspecified atom stereocenters. The molecule has 1 aromatic heterocycles. The second-order valence-corrected chi connectivity index (χ2v) is 2.69. The van der Waals surface area contributed by atoms with Gasteiger partial charge in [0.25, 0.3) is 0 Å². The average Bonchev–Trinajstić information content (AvgIpc) is 1.99. The lowest BCUT2D eigenvalue weighted by Gasteiger charge is -2.05. The molecule has 0 bridgehead atoms. The highest BCUT2D eigenvalue weighted by Gasteiger charge is 2.05. The number of hydrogen-bond donors (Lipinski definition) is 0. The highest BCUT2D eigenvalue weighted by Crippen LogP contribution is 2.14. The van der Waals surface area contributed by atoms with Crippen LogP contribution in [0.2, 0.25) is 0 Å². The molecule has 1 aromatic rings. The van der Waals surface area contributed by atoms with E-state index in [1.807, 2.05) is 20.8 Å². The van der Waals surface area contributed by atoms with Crippen LogP contribution in [0.1, 0.15) is 23.6 Å². The van der Waals surface area contributed by atoms with Crippen molar-refractivity contribution >= 4 is 0 Å². The van der Waals surface area contributed by atoms with Crippen LogP contribution in [0.25, 0.3) is 0 Å². The fraction of sp³-hybridized carbons (Fsp3) is 0.444. The summed E-state index contributed by atoms with van der Waals surface area (Å²) in [6, 6.07) is 0. The summed E-state index contributed by atoms with van der Waals surface area (Å²) < 4.78 is 12.9. The van der Waals surface area contributed by atoms with Gasteiger partial charge in [0.05, 0.1) is 0 Å². The summed E-state index contributed by atoms with van der Waals surface area (Å²) in [5, 5.41) is 0. The van der Waals surface area contributed by atoms with E-state index in [2.05, 4.69) is 4.98 Å². The fourth-order valence-electron chi connectivity index (χ4n) is 1.13. The average molecular weight is 153 g/mol. The first kappa shape index (κ1) is 8.18. The number of aryl methyl sites for hydroxylation is 1. The van der Waals surface area contributed by atoms with Crippen molar-refractivity contribution in [3.05, 3.63) is 28.8 Å². The third-order valence-electron chi connectivity index (χ3n) is 2.02. The van der Waals surface area contributed by atoms with E-state index in [-0.39, 0.29) is 5.95 Å². The minimum atomic E-state index is -0.324. The molecule has 1 rings (SSSR count). The van der Waals surface area contributed by atoms with Gasteiger partial charge >= 0.3 is 0 Å². The maximum atomic E-state index is 12.9. The van der Waals surface area contributed by atoms with Crippen LogP contribution < -0.4 is 0 Å². The maximum absolute atomic E-state index is 12.9. The molecule has 11 heavy (non-hydrogen) atoms. The van der Waals surface area contributed by atoms with Gasteiger partial charge in [-0.3, -0.25) is 0 Å². The van der Waals surface area contributed by atoms with Gasteiger partial charge < -0.3 is 0 Å². The topological polar surface area (TPSA) is 12.9 Å². The third-order valence-corrected chi connectivity index (χ3v) is 2.02. The summed E-state index contributed by atoms with van der Waals surface area (Å²) in [6.45, 7) is 5.81. The minimum absolute atomic E-state index is 0.324. The van der Waals surface area contributed by atoms with Gasteiger partial charge in [0.1, 0.15) is 0 Å². The zero-order chi connectivity index (χ0) is 8.43. The Kier molecular flexibility index (Phi) is 2.22. The first-order valence-electron chi connectivity index (χ1n) is 3.77. The quantitative estimate of drug-likeness (QED) is 0.564. The zero-order valence-corrected chi connectivity index (χ0v) is 7.11. The number of aromatic nitrogens is 1. The van der Waals surface area contributed by atoms with Crippen molar-refractivity contribution in [1.82, 2.24) is 4.98 Å². The molecule has 0 N–H and O–H groups in total. The Bertz CT molecular complexity index is 269. The molecular weight excluding hydrogens is 141 g/mol. The van der Waals surface area contributed by atoms with Crippen LogP contribution in [-0.4, -0.2) is 4.98 Å². The summed E-state index contributed by atoms with van der Waals surface area (Å²) in [5.41, 5.74) is 2.83. The van der Waals surface area contributed by atoms with Gasteiger partial charge in [0.15, 0.2) is 0 Å². The zero-order valence-electron chi connectivity index (χ0n) is 7.11. The van der Waals surface area contributed by atoms with Gasteiger partial charge in [-0.05, 0) is 31.4 Å². The lowest BCUT2D eigenvalue weighted by molar-refractivity contribution is 0.565. The van der Waals surface area contributed by atoms with Gasteiger partial charge in [0.2, 0.25) is 5.95 Å². The Labute approximate surface area is 66.3 Å². The van der Waals surface area contributed by atoms with Crippen molar-refractivity contribution in [2.75, 3.05) is 0 Å². The second-order valence-electron chi connectivity index (χ2n) is 2.69. The summed E-state index contributed by atoms with van der Waals surface area (Å²) in [5.74, 6) is -0.324. The van der Waals surface area contributed by atoms with E-state index in [0.29, 0.717) is 6.42 Å². The smallest absolute Gasteiger partial charge is 0.216 e. The number of rotatable bonds is 1. The molecule has 0 atom stereocenters. The Balaban J connectivity index is 3.29. The Hall–Kier alpha value is -0.920. The monoisotopic (exact) mass is 153 g/mol. The van der Waals surface area contributed by atoms with Crippen molar-refractivity contribution in [2.45, 2.75) is 27.2 Å². The van der Waals surface area contributed by atoms with Crippen molar-refractivity contribution in [1.29, 1.82) is 0 Å². The van der Waals surface area contributed by atoms with Crippen LogP contribution in [0.15, 0.2) is 6.20 Å². The molecule has 0 aromatic carbocycles. The lowest BCUT2D eigenvalue weighted by atomic mass is 10.1. The van der Waals surface area contributed by atoms with Crippen LogP contribution in [-0.2, 0) is 6.42 Å². The van der Waals surface area contributed by atoms with Crippen molar-refractivity contribution < 1.29 is 4.39 Å². The molecule has 0 spiro atoms. The van der Waals surface area contributed by atoms with E-state index < -0.39 is 0 Å². The Morgan fingerprint density at radius 2 is 2.09 bits per heavy atom. The fourth-order valence-corrected chi connectivity index (χ4v) is 1.13. The van der Waals surface area contributed by atoms with Crippen molar-refractivity contribution in [2.24, 2.45) is 0 Å². The molecule has 0 radical (unpaired) electrons. The SMILES string of the molecule is CCc1c(F)ncc(C)c1C. The summed E-state index contributed by atoms with van der Waals surface area (Å²) in [7, 11) is 0. The number of halogens is 1. The van der Waals surface area contributed by atoms with Crippen LogP contribution >= 0.6 is 0 Å². The first-order chi connectivity index (χ1) is 5.16. The Morgan fingerprint density at radius 3 is 2.55 bits per heavy atom. The maximum Gasteiger partial charge on any atom is 0.216 e. The standard InChI is InChI=1S/C9H12FN/c1-4-8-7(3)6(2)5-11-9(8)10/h5H,4H2,1-3H3. The minimum Gasteiger partial charge on any atom is -0.228 e. The van der Waals surface area contributed by atoms with E-state index in [1.54, 1.807) is 6.20 Å². The molecule has 1 heterocycles. The second kappa shape index (κ2) is 2.99. The molecule has 0 aliphatic heterocycles. The van der Waals surface area contributed by atoms with Gasteiger partial charge in [-0.1, -0.05) is 6.92 Å². The predicted octanol–water partition coefficient (Wildman–Crippen LogP) is 2.40. The van der Waals surface area contributed by atoms with Crippen LogP contribution in [0.3, 0.4) is 0 Å². The molecule has 0 aliphatic carbocycles. The summed E-state index contributed by atoms with van der Waals surface area (Å²) in [6.07, 6.45) is 2.29. The highest BCUT2D eigenvalue weighted by molar-refractivity contribution is 5.30. The molecule has 0 aliphatic rings. The Morgan fingerprint density at radius 1 is 1.45 bits per heavy atom. The molecule has 0 fully saturated rings. The molecule has 0 saturated carbocycles. The molecule has 1 nitrogen and oxygen atoms in total. The predicted molar refractivity (Wildman–Crippen MR) is 43.0 cm³/mol. The normalized spacial score (nSPS) is 10.2. The molecule has 0 saturated heterocycles. The molecule has 2 heteroatoms. The van der Waals surface area contributed by atoms with E-state index in [0.717, 1.165) is 16.7 Å². The lowest BCUT2D eigenvalue weighted by Crippen LogP contribution is -1.98. The summed E-state index contributed by atoms with van der Waals surface area (Å²) in [4.78, 5) is 3.64. The summed E-state index contributed by atoms with van der Waals surface area (Å²) >= 11 is 0. The van der Waals surface area contributed by atoms with Crippen LogP contribution in [0.5, 0.6) is 0 Å². The van der Waals surface area contributed by atoms with E-state index in [4.69, 9.17) is 0 Å². The highest BCUT2D eigenvalue weighted by atomic mass is 19.1. The van der Waals surface area contributed by atoms with Gasteiger partial charge in [-0.2, -0.15) is 4.39 Å². The molecular formula is C9H12FN. The van der Waals surface area contributed by atoms with E-state index in [9.17, 15) is 4.39 Å².